The third-order valence-corrected chi connectivity index (χ3v) is 6.53. The average Bonchev–Trinajstić information content (AvgIpc) is 2.84. The molecule has 2 aromatic rings. The van der Waals surface area contributed by atoms with Gasteiger partial charge in [-0.25, -0.2) is 4.79 Å². The zero-order valence-corrected chi connectivity index (χ0v) is 15.9. The van der Waals surface area contributed by atoms with Crippen LogP contribution >= 0.6 is 0 Å². The summed E-state index contributed by atoms with van der Waals surface area (Å²) in [6, 6.07) is 16.7. The first kappa shape index (κ1) is 18.0. The van der Waals surface area contributed by atoms with E-state index in [1.165, 1.54) is 23.8 Å². The van der Waals surface area contributed by atoms with Gasteiger partial charge in [0, 0.05) is 18.3 Å². The molecule has 0 radical (unpaired) electrons. The third-order valence-electron chi connectivity index (χ3n) is 6.53. The standard InChI is InChI=1S/C24H26O3/c1-27-23(26)19-10-11-22-18(14-19)8-5-9-20-15-21(25)12-13-24(20,22)16-17-6-3-2-4-7-17/h2-4,6-7,10-11,14,20H,5,8-9,12-13,15-16H2,1H3/t20-,24+/m0/s1. The van der Waals surface area contributed by atoms with Gasteiger partial charge in [0.2, 0.25) is 0 Å². The molecule has 3 heteroatoms. The smallest absolute Gasteiger partial charge is 0.337 e. The summed E-state index contributed by atoms with van der Waals surface area (Å²) in [5.74, 6) is 0.497. The molecule has 0 amide bonds. The highest BCUT2D eigenvalue weighted by molar-refractivity contribution is 5.89. The van der Waals surface area contributed by atoms with Crippen LogP contribution in [0.25, 0.3) is 0 Å². The summed E-state index contributed by atoms with van der Waals surface area (Å²) in [4.78, 5) is 24.3. The van der Waals surface area contributed by atoms with Crippen LogP contribution in [-0.4, -0.2) is 18.9 Å². The van der Waals surface area contributed by atoms with E-state index in [2.05, 4.69) is 30.3 Å². The number of methoxy groups -OCH3 is 1. The highest BCUT2D eigenvalue weighted by Gasteiger charge is 2.46. The van der Waals surface area contributed by atoms with E-state index < -0.39 is 0 Å². The van der Waals surface area contributed by atoms with E-state index in [4.69, 9.17) is 4.74 Å². The largest absolute Gasteiger partial charge is 0.465 e. The molecule has 2 aliphatic rings. The second kappa shape index (κ2) is 7.30. The number of rotatable bonds is 3. The van der Waals surface area contributed by atoms with Gasteiger partial charge in [0.25, 0.3) is 0 Å². The summed E-state index contributed by atoms with van der Waals surface area (Å²) in [6.07, 6.45) is 6.28. The van der Waals surface area contributed by atoms with Crippen molar-refractivity contribution in [3.8, 4) is 0 Å². The monoisotopic (exact) mass is 362 g/mol. The lowest BCUT2D eigenvalue weighted by atomic mass is 9.59. The molecule has 1 saturated carbocycles. The maximum absolute atomic E-state index is 12.3. The van der Waals surface area contributed by atoms with Gasteiger partial charge in [-0.05, 0) is 66.8 Å². The molecule has 0 heterocycles. The number of fused-ring (bicyclic) bond motifs is 3. The van der Waals surface area contributed by atoms with Crippen molar-refractivity contribution in [2.75, 3.05) is 7.11 Å². The summed E-state index contributed by atoms with van der Waals surface area (Å²) in [5, 5.41) is 0. The molecule has 3 nitrogen and oxygen atoms in total. The van der Waals surface area contributed by atoms with Crippen LogP contribution in [0.2, 0.25) is 0 Å². The number of benzene rings is 2. The molecule has 2 aliphatic carbocycles. The summed E-state index contributed by atoms with van der Waals surface area (Å²) >= 11 is 0. The van der Waals surface area contributed by atoms with E-state index in [9.17, 15) is 9.59 Å². The Morgan fingerprint density at radius 1 is 1.15 bits per heavy atom. The quantitative estimate of drug-likeness (QED) is 0.746. The van der Waals surface area contributed by atoms with Crippen molar-refractivity contribution in [2.24, 2.45) is 5.92 Å². The first-order valence-corrected chi connectivity index (χ1v) is 9.90. The fraction of sp³-hybridized carbons (Fsp3) is 0.417. The van der Waals surface area contributed by atoms with Crippen molar-refractivity contribution >= 4 is 11.8 Å². The van der Waals surface area contributed by atoms with E-state index >= 15 is 0 Å². The molecule has 4 rings (SSSR count). The van der Waals surface area contributed by atoms with Gasteiger partial charge in [-0.2, -0.15) is 0 Å². The molecule has 2 aromatic carbocycles. The van der Waals surface area contributed by atoms with Crippen LogP contribution in [0.5, 0.6) is 0 Å². The van der Waals surface area contributed by atoms with E-state index in [0.717, 1.165) is 32.1 Å². The van der Waals surface area contributed by atoms with Gasteiger partial charge in [-0.15, -0.1) is 0 Å². The molecule has 0 bridgehead atoms. The summed E-state index contributed by atoms with van der Waals surface area (Å²) < 4.78 is 4.92. The van der Waals surface area contributed by atoms with Crippen molar-refractivity contribution in [3.05, 3.63) is 70.8 Å². The molecule has 0 unspecified atom stereocenters. The SMILES string of the molecule is COC(=O)c1ccc2c(c1)CCC[C@H]1CC(=O)CC[C@]21Cc1ccccc1. The average molecular weight is 362 g/mol. The Kier molecular flexibility index (Phi) is 4.86. The number of ether oxygens (including phenoxy) is 1. The summed E-state index contributed by atoms with van der Waals surface area (Å²) in [5.41, 5.74) is 4.52. The van der Waals surface area contributed by atoms with Crippen molar-refractivity contribution < 1.29 is 14.3 Å². The molecule has 0 saturated heterocycles. The van der Waals surface area contributed by atoms with Crippen LogP contribution in [0.4, 0.5) is 0 Å². The predicted molar refractivity (Wildman–Crippen MR) is 105 cm³/mol. The van der Waals surface area contributed by atoms with Gasteiger partial charge in [-0.1, -0.05) is 36.4 Å². The fourth-order valence-electron chi connectivity index (χ4n) is 5.23. The van der Waals surface area contributed by atoms with Gasteiger partial charge < -0.3 is 4.74 Å². The highest BCUT2D eigenvalue weighted by Crippen LogP contribution is 2.50. The molecule has 0 aliphatic heterocycles. The Balaban J connectivity index is 1.82. The normalized spacial score (nSPS) is 24.5. The maximum Gasteiger partial charge on any atom is 0.337 e. The first-order valence-electron chi connectivity index (χ1n) is 9.90. The molecule has 0 N–H and O–H groups in total. The first-order chi connectivity index (χ1) is 13.1. The van der Waals surface area contributed by atoms with Gasteiger partial charge >= 0.3 is 5.97 Å². The fourth-order valence-corrected chi connectivity index (χ4v) is 5.23. The van der Waals surface area contributed by atoms with Crippen molar-refractivity contribution in [1.29, 1.82) is 0 Å². The van der Waals surface area contributed by atoms with E-state index in [1.54, 1.807) is 0 Å². The molecule has 1 fully saturated rings. The zero-order chi connectivity index (χ0) is 18.9. The Labute approximate surface area is 160 Å². The lowest BCUT2D eigenvalue weighted by Gasteiger charge is -2.44. The number of Topliss-reactive ketones (excluding diaryl/α,β-unsaturated/α-hetero) is 1. The van der Waals surface area contributed by atoms with Crippen molar-refractivity contribution in [2.45, 2.75) is 50.4 Å². The number of carbonyl (C=O) groups is 2. The Bertz CT molecular complexity index is 855. The van der Waals surface area contributed by atoms with Crippen molar-refractivity contribution in [1.82, 2.24) is 0 Å². The van der Waals surface area contributed by atoms with E-state index in [0.29, 0.717) is 30.1 Å². The molecule has 2 atom stereocenters. The van der Waals surface area contributed by atoms with Crippen LogP contribution in [-0.2, 0) is 27.8 Å². The molecule has 27 heavy (non-hydrogen) atoms. The van der Waals surface area contributed by atoms with E-state index in [-0.39, 0.29) is 11.4 Å². The molecular formula is C24H26O3. The number of carbonyl (C=O) groups excluding carboxylic acids is 2. The Morgan fingerprint density at radius 3 is 2.74 bits per heavy atom. The van der Waals surface area contributed by atoms with Gasteiger partial charge in [0.05, 0.1) is 12.7 Å². The maximum atomic E-state index is 12.3. The molecule has 0 spiro atoms. The minimum absolute atomic E-state index is 0.0181. The third kappa shape index (κ3) is 3.31. The van der Waals surface area contributed by atoms with Crippen LogP contribution in [0.1, 0.15) is 59.2 Å². The molecule has 0 aromatic heterocycles. The number of hydrogen-bond donors (Lipinski definition) is 0. The summed E-state index contributed by atoms with van der Waals surface area (Å²) in [7, 11) is 1.42. The number of esters is 1. The minimum atomic E-state index is -0.283. The summed E-state index contributed by atoms with van der Waals surface area (Å²) in [6.45, 7) is 0. The van der Waals surface area contributed by atoms with Crippen LogP contribution in [0.15, 0.2) is 48.5 Å². The highest BCUT2D eigenvalue weighted by atomic mass is 16.5. The Hall–Kier alpha value is -2.42. The zero-order valence-electron chi connectivity index (χ0n) is 15.9. The lowest BCUT2D eigenvalue weighted by molar-refractivity contribution is -0.123. The molecule has 140 valence electrons. The van der Waals surface area contributed by atoms with Gasteiger partial charge in [-0.3, -0.25) is 4.79 Å². The number of ketones is 1. The van der Waals surface area contributed by atoms with Crippen molar-refractivity contribution in [3.63, 3.8) is 0 Å². The second-order valence-electron chi connectivity index (χ2n) is 8.01. The van der Waals surface area contributed by atoms with Crippen LogP contribution in [0, 0.1) is 5.92 Å². The lowest BCUT2D eigenvalue weighted by Crippen LogP contribution is -2.42. The van der Waals surface area contributed by atoms with Crippen LogP contribution in [0.3, 0.4) is 0 Å². The predicted octanol–water partition coefficient (Wildman–Crippen LogP) is 4.66. The topological polar surface area (TPSA) is 43.4 Å². The number of aryl methyl sites for hydroxylation is 1. The second-order valence-corrected chi connectivity index (χ2v) is 8.01. The van der Waals surface area contributed by atoms with Crippen LogP contribution < -0.4 is 0 Å². The van der Waals surface area contributed by atoms with Gasteiger partial charge in [0.1, 0.15) is 5.78 Å². The minimum Gasteiger partial charge on any atom is -0.465 e. The number of hydrogen-bond acceptors (Lipinski definition) is 3. The van der Waals surface area contributed by atoms with Gasteiger partial charge in [0.15, 0.2) is 0 Å². The Morgan fingerprint density at radius 2 is 1.96 bits per heavy atom. The van der Waals surface area contributed by atoms with E-state index in [1.807, 2.05) is 18.2 Å². The molecular weight excluding hydrogens is 336 g/mol.